The molecule has 0 radical (unpaired) electrons. The molecule has 0 aromatic carbocycles. The Morgan fingerprint density at radius 3 is 2.55 bits per heavy atom. The van der Waals surface area contributed by atoms with Gasteiger partial charge in [-0.05, 0) is 110 Å². The van der Waals surface area contributed by atoms with E-state index >= 15 is 0 Å². The Morgan fingerprint density at radius 1 is 1.06 bits per heavy atom. The van der Waals surface area contributed by atoms with Crippen molar-refractivity contribution in [1.29, 1.82) is 0 Å². The zero-order valence-corrected chi connectivity index (χ0v) is 21.9. The summed E-state index contributed by atoms with van der Waals surface area (Å²) in [7, 11) is 0. The minimum absolute atomic E-state index is 0.0367. The van der Waals surface area contributed by atoms with Crippen LogP contribution in [0.25, 0.3) is 0 Å². The van der Waals surface area contributed by atoms with Crippen molar-refractivity contribution in [2.24, 2.45) is 45.8 Å². The number of carbonyl (C=O) groups excluding carboxylic acids is 1. The van der Waals surface area contributed by atoms with E-state index in [1.54, 1.807) is 0 Å². The monoisotopic (exact) mass is 462 g/mol. The van der Waals surface area contributed by atoms with E-state index in [2.05, 4.69) is 34.6 Å². The first-order valence-electron chi connectivity index (χ1n) is 14.1. The number of aliphatic hydroxyl groups excluding tert-OH is 2. The number of unbranched alkanes of at least 4 members (excludes halogenated alkanes) is 1. The lowest BCUT2D eigenvalue weighted by atomic mass is 9.39. The number of aliphatic hydroxyl groups is 2. The molecular weight excluding hydrogens is 412 g/mol. The van der Waals surface area contributed by atoms with E-state index in [1.165, 1.54) is 25.7 Å². The Morgan fingerprint density at radius 2 is 1.82 bits per heavy atom. The van der Waals surface area contributed by atoms with Crippen molar-refractivity contribution in [3.8, 4) is 0 Å². The van der Waals surface area contributed by atoms with Crippen LogP contribution in [0.15, 0.2) is 0 Å². The van der Waals surface area contributed by atoms with E-state index in [9.17, 15) is 15.0 Å². The van der Waals surface area contributed by atoms with Gasteiger partial charge in [-0.25, -0.2) is 0 Å². The lowest BCUT2D eigenvalue weighted by Gasteiger charge is -2.66. The maximum atomic E-state index is 12.2. The van der Waals surface area contributed by atoms with Gasteiger partial charge in [0, 0.05) is 6.42 Å². The topological polar surface area (TPSA) is 66.8 Å². The second-order valence-electron chi connectivity index (χ2n) is 13.2. The highest BCUT2D eigenvalue weighted by Crippen LogP contribution is 2.71. The highest BCUT2D eigenvalue weighted by molar-refractivity contribution is 5.69. The van der Waals surface area contributed by atoms with Gasteiger partial charge in [-0.1, -0.05) is 41.0 Å². The predicted octanol–water partition coefficient (Wildman–Crippen LogP) is 6.13. The zero-order valence-electron chi connectivity index (χ0n) is 21.9. The number of esters is 1. The Hall–Kier alpha value is -0.610. The molecule has 190 valence electrons. The predicted molar refractivity (Wildman–Crippen MR) is 131 cm³/mol. The van der Waals surface area contributed by atoms with E-state index in [0.29, 0.717) is 42.6 Å². The highest BCUT2D eigenvalue weighted by atomic mass is 16.5. The van der Waals surface area contributed by atoms with Crippen LogP contribution in [0.1, 0.15) is 112 Å². The van der Waals surface area contributed by atoms with Crippen molar-refractivity contribution in [3.63, 3.8) is 0 Å². The SMILES string of the molecule is CCCCOC(=O)CC[C@@H](C)[C@H]1CC[C@H]2[C@@H]3CC[C@]4(C)C[C@H](O)CC[C@]4(C)C3C[C@H](O)[C@]12C. The van der Waals surface area contributed by atoms with Crippen LogP contribution in [0.2, 0.25) is 0 Å². The molecule has 4 rings (SSSR count). The lowest BCUT2D eigenvalue weighted by Crippen LogP contribution is -2.61. The maximum absolute atomic E-state index is 12.2. The summed E-state index contributed by atoms with van der Waals surface area (Å²) in [5.74, 6) is 2.71. The van der Waals surface area contributed by atoms with Crippen molar-refractivity contribution in [1.82, 2.24) is 0 Å². The van der Waals surface area contributed by atoms with Crippen molar-refractivity contribution in [2.45, 2.75) is 124 Å². The third-order valence-corrected chi connectivity index (χ3v) is 11.8. The van der Waals surface area contributed by atoms with Gasteiger partial charge < -0.3 is 14.9 Å². The van der Waals surface area contributed by atoms with Crippen molar-refractivity contribution in [3.05, 3.63) is 0 Å². The summed E-state index contributed by atoms with van der Waals surface area (Å²) in [4.78, 5) is 12.2. The zero-order chi connectivity index (χ0) is 24.0. The van der Waals surface area contributed by atoms with Crippen molar-refractivity contribution < 1.29 is 19.7 Å². The first-order valence-corrected chi connectivity index (χ1v) is 14.1. The molecule has 0 aliphatic heterocycles. The third kappa shape index (κ3) is 4.20. The molecule has 4 nitrogen and oxygen atoms in total. The van der Waals surface area contributed by atoms with Crippen LogP contribution in [0.4, 0.5) is 0 Å². The number of rotatable bonds is 7. The van der Waals surface area contributed by atoms with Crippen LogP contribution in [0, 0.1) is 45.8 Å². The summed E-state index contributed by atoms with van der Waals surface area (Å²) in [5.41, 5.74) is 0.386. The molecule has 0 bridgehead atoms. The Balaban J connectivity index is 1.46. The van der Waals surface area contributed by atoms with E-state index < -0.39 is 0 Å². The number of fused-ring (bicyclic) bond motifs is 5. The molecule has 4 aliphatic rings. The van der Waals surface area contributed by atoms with E-state index in [0.717, 1.165) is 44.9 Å². The molecule has 4 aliphatic carbocycles. The molecular formula is C29H50O4. The van der Waals surface area contributed by atoms with Gasteiger partial charge in [-0.15, -0.1) is 0 Å². The summed E-state index contributed by atoms with van der Waals surface area (Å²) in [6, 6.07) is 0. The largest absolute Gasteiger partial charge is 0.466 e. The molecule has 4 fully saturated rings. The molecule has 0 spiro atoms. The number of hydrogen-bond acceptors (Lipinski definition) is 4. The first-order chi connectivity index (χ1) is 15.6. The maximum Gasteiger partial charge on any atom is 0.305 e. The van der Waals surface area contributed by atoms with Gasteiger partial charge in [-0.2, -0.15) is 0 Å². The molecule has 0 amide bonds. The summed E-state index contributed by atoms with van der Waals surface area (Å²) >= 11 is 0. The van der Waals surface area contributed by atoms with Gasteiger partial charge in [0.1, 0.15) is 0 Å². The summed E-state index contributed by atoms with van der Waals surface area (Å²) < 4.78 is 5.39. The fourth-order valence-corrected chi connectivity index (χ4v) is 9.49. The third-order valence-electron chi connectivity index (χ3n) is 11.8. The minimum atomic E-state index is -0.263. The molecule has 0 aromatic heterocycles. The first kappa shape index (κ1) is 25.5. The van der Waals surface area contributed by atoms with Crippen molar-refractivity contribution >= 4 is 5.97 Å². The molecule has 0 saturated heterocycles. The molecule has 0 aromatic rings. The fourth-order valence-electron chi connectivity index (χ4n) is 9.49. The van der Waals surface area contributed by atoms with Gasteiger partial charge in [0.25, 0.3) is 0 Å². The summed E-state index contributed by atoms with van der Waals surface area (Å²) in [6.45, 7) is 12.3. The normalized spacial score (nSPS) is 47.8. The van der Waals surface area contributed by atoms with Crippen molar-refractivity contribution in [2.75, 3.05) is 6.61 Å². The fraction of sp³-hybridized carbons (Fsp3) is 0.966. The average molecular weight is 463 g/mol. The molecule has 10 atom stereocenters. The van der Waals surface area contributed by atoms with Crippen LogP contribution < -0.4 is 0 Å². The second kappa shape index (κ2) is 9.45. The van der Waals surface area contributed by atoms with E-state index in [4.69, 9.17) is 4.74 Å². The van der Waals surface area contributed by atoms with Gasteiger partial charge in [0.2, 0.25) is 0 Å². The lowest BCUT2D eigenvalue weighted by molar-refractivity contribution is -0.201. The van der Waals surface area contributed by atoms with Crippen LogP contribution in [-0.2, 0) is 9.53 Å². The standard InChI is InChI=1S/C29H50O4/c1-6-7-16-33-26(32)11-8-19(2)22-9-10-23-21-13-14-27(3)18-20(30)12-15-28(27,4)24(21)17-25(31)29(22,23)5/h19-25,30-31H,6-18H2,1-5H3/t19-,20-,21+,22-,23+,24?,25+,27-,28-,29-/m1/s1. The molecule has 0 heterocycles. The Kier molecular flexibility index (Phi) is 7.30. The molecule has 33 heavy (non-hydrogen) atoms. The summed E-state index contributed by atoms with van der Waals surface area (Å²) in [5, 5.41) is 22.1. The Bertz CT molecular complexity index is 708. The van der Waals surface area contributed by atoms with Crippen LogP contribution >= 0.6 is 0 Å². The van der Waals surface area contributed by atoms with E-state index in [1.807, 2.05) is 0 Å². The quantitative estimate of drug-likeness (QED) is 0.353. The smallest absolute Gasteiger partial charge is 0.305 e. The molecule has 2 N–H and O–H groups in total. The number of carbonyl (C=O) groups is 1. The number of hydrogen-bond donors (Lipinski definition) is 2. The van der Waals surface area contributed by atoms with Crippen LogP contribution in [0.5, 0.6) is 0 Å². The second-order valence-corrected chi connectivity index (χ2v) is 13.2. The molecule has 4 heteroatoms. The average Bonchev–Trinajstić information content (AvgIpc) is 3.13. The number of ether oxygens (including phenoxy) is 1. The molecule has 1 unspecified atom stereocenters. The molecule has 4 saturated carbocycles. The minimum Gasteiger partial charge on any atom is -0.466 e. The van der Waals surface area contributed by atoms with Crippen LogP contribution in [-0.4, -0.2) is 35.0 Å². The summed E-state index contributed by atoms with van der Waals surface area (Å²) in [6.07, 6.45) is 11.7. The van der Waals surface area contributed by atoms with Gasteiger partial charge in [0.15, 0.2) is 0 Å². The Labute approximate surface area is 202 Å². The van der Waals surface area contributed by atoms with Gasteiger partial charge >= 0.3 is 5.97 Å². The van der Waals surface area contributed by atoms with Crippen LogP contribution in [0.3, 0.4) is 0 Å². The highest BCUT2D eigenvalue weighted by Gasteiger charge is 2.66. The van der Waals surface area contributed by atoms with Gasteiger partial charge in [-0.3, -0.25) is 4.79 Å². The van der Waals surface area contributed by atoms with E-state index in [-0.39, 0.29) is 34.4 Å². The van der Waals surface area contributed by atoms with Gasteiger partial charge in [0.05, 0.1) is 18.8 Å².